The smallest absolute Gasteiger partial charge is 0.326 e. The molecule has 0 saturated heterocycles. The molecule has 0 aliphatic rings. The van der Waals surface area contributed by atoms with Gasteiger partial charge < -0.3 is 10.4 Å². The van der Waals surface area contributed by atoms with Crippen LogP contribution in [0.3, 0.4) is 0 Å². The zero-order chi connectivity index (χ0) is 15.2. The number of aliphatic carboxylic acids is 1. The second kappa shape index (κ2) is 6.65. The summed E-state index contributed by atoms with van der Waals surface area (Å²) in [6.45, 7) is 1.85. The minimum absolute atomic E-state index is 0.0845. The molecule has 1 heterocycles. The molecule has 7 nitrogen and oxygen atoms in total. The second-order valence-corrected chi connectivity index (χ2v) is 4.54. The van der Waals surface area contributed by atoms with E-state index in [-0.39, 0.29) is 5.69 Å². The first-order chi connectivity index (χ1) is 10.1. The minimum Gasteiger partial charge on any atom is -0.480 e. The summed E-state index contributed by atoms with van der Waals surface area (Å²) in [5, 5.41) is 19.1. The van der Waals surface area contributed by atoms with Crippen LogP contribution >= 0.6 is 0 Å². The molecule has 0 aliphatic heterocycles. The first-order valence-electron chi connectivity index (χ1n) is 6.63. The van der Waals surface area contributed by atoms with E-state index in [0.717, 1.165) is 5.69 Å². The van der Waals surface area contributed by atoms with Crippen LogP contribution in [0.25, 0.3) is 5.69 Å². The molecule has 1 unspecified atom stereocenters. The lowest BCUT2D eigenvalue weighted by molar-refractivity contribution is -0.139. The lowest BCUT2D eigenvalue weighted by Crippen LogP contribution is -2.40. The van der Waals surface area contributed by atoms with Gasteiger partial charge in [-0.15, -0.1) is 5.10 Å². The van der Waals surface area contributed by atoms with Crippen LogP contribution in [0.1, 0.15) is 30.3 Å². The van der Waals surface area contributed by atoms with Gasteiger partial charge >= 0.3 is 5.97 Å². The van der Waals surface area contributed by atoms with Crippen molar-refractivity contribution >= 4 is 11.9 Å². The van der Waals surface area contributed by atoms with E-state index in [2.05, 4.69) is 15.6 Å². The highest BCUT2D eigenvalue weighted by atomic mass is 16.4. The summed E-state index contributed by atoms with van der Waals surface area (Å²) in [5.74, 6) is -1.60. The molecule has 0 aliphatic carbocycles. The maximum atomic E-state index is 12.0. The number of carbonyl (C=O) groups excluding carboxylic acids is 1. The van der Waals surface area contributed by atoms with Crippen molar-refractivity contribution in [3.05, 3.63) is 42.2 Å². The Morgan fingerprint density at radius 1 is 1.33 bits per heavy atom. The van der Waals surface area contributed by atoms with Crippen molar-refractivity contribution in [3.8, 4) is 5.69 Å². The average molecular weight is 288 g/mol. The normalized spacial score (nSPS) is 11.9. The molecular weight excluding hydrogens is 272 g/mol. The lowest BCUT2D eigenvalue weighted by atomic mass is 10.1. The Kier molecular flexibility index (Phi) is 4.65. The summed E-state index contributed by atoms with van der Waals surface area (Å²) in [5.41, 5.74) is 0.855. The third-order valence-electron chi connectivity index (χ3n) is 2.93. The molecule has 0 fully saturated rings. The standard InChI is InChI=1S/C14H16N4O3/c1-2-6-11(14(20)21)15-13(19)12-9-18(17-16-12)10-7-4-3-5-8-10/h3-5,7-9,11H,2,6H2,1H3,(H,15,19)(H,20,21). The van der Waals surface area contributed by atoms with E-state index in [1.54, 1.807) is 0 Å². The molecule has 7 heteroatoms. The number of aromatic nitrogens is 3. The number of nitrogens with one attached hydrogen (secondary N) is 1. The molecule has 2 rings (SSSR count). The maximum absolute atomic E-state index is 12.0. The number of rotatable bonds is 6. The van der Waals surface area contributed by atoms with Crippen LogP contribution in [-0.4, -0.2) is 38.0 Å². The molecule has 0 bridgehead atoms. The van der Waals surface area contributed by atoms with Crippen molar-refractivity contribution in [1.29, 1.82) is 0 Å². The molecule has 2 aromatic rings. The number of carbonyl (C=O) groups is 2. The van der Waals surface area contributed by atoms with Crippen molar-refractivity contribution in [3.63, 3.8) is 0 Å². The highest BCUT2D eigenvalue weighted by Gasteiger charge is 2.21. The average Bonchev–Trinajstić information content (AvgIpc) is 2.97. The first-order valence-corrected chi connectivity index (χ1v) is 6.63. The van der Waals surface area contributed by atoms with E-state index in [9.17, 15) is 9.59 Å². The Hall–Kier alpha value is -2.70. The third-order valence-corrected chi connectivity index (χ3v) is 2.93. The van der Waals surface area contributed by atoms with Gasteiger partial charge in [0, 0.05) is 0 Å². The number of hydrogen-bond donors (Lipinski definition) is 2. The van der Waals surface area contributed by atoms with Crippen molar-refractivity contribution in [2.45, 2.75) is 25.8 Å². The molecule has 1 aromatic carbocycles. The number of amides is 1. The fraction of sp³-hybridized carbons (Fsp3) is 0.286. The third kappa shape index (κ3) is 3.65. The topological polar surface area (TPSA) is 97.1 Å². The Morgan fingerprint density at radius 3 is 2.67 bits per heavy atom. The second-order valence-electron chi connectivity index (χ2n) is 4.54. The van der Waals surface area contributed by atoms with Crippen molar-refractivity contribution < 1.29 is 14.7 Å². The summed E-state index contributed by atoms with van der Waals surface area (Å²) < 4.78 is 1.46. The van der Waals surface area contributed by atoms with Crippen molar-refractivity contribution in [1.82, 2.24) is 20.3 Å². The molecule has 2 N–H and O–H groups in total. The Balaban J connectivity index is 2.10. The monoisotopic (exact) mass is 288 g/mol. The van der Waals surface area contributed by atoms with Gasteiger partial charge in [0.2, 0.25) is 0 Å². The van der Waals surface area contributed by atoms with Crippen LogP contribution < -0.4 is 5.32 Å². The molecule has 1 aromatic heterocycles. The van der Waals surface area contributed by atoms with Crippen molar-refractivity contribution in [2.75, 3.05) is 0 Å². The van der Waals surface area contributed by atoms with Gasteiger partial charge in [0.1, 0.15) is 6.04 Å². The highest BCUT2D eigenvalue weighted by Crippen LogP contribution is 2.06. The van der Waals surface area contributed by atoms with E-state index >= 15 is 0 Å². The van der Waals surface area contributed by atoms with Crippen LogP contribution in [0.4, 0.5) is 0 Å². The Bertz CT molecular complexity index is 624. The summed E-state index contributed by atoms with van der Waals surface area (Å²) in [4.78, 5) is 23.0. The van der Waals surface area contributed by atoms with E-state index in [0.29, 0.717) is 12.8 Å². The van der Waals surface area contributed by atoms with E-state index < -0.39 is 17.9 Å². The molecular formula is C14H16N4O3. The minimum atomic E-state index is -1.05. The predicted octanol–water partition coefficient (Wildman–Crippen LogP) is 1.25. The fourth-order valence-corrected chi connectivity index (χ4v) is 1.85. The lowest BCUT2D eigenvalue weighted by Gasteiger charge is -2.11. The largest absolute Gasteiger partial charge is 0.480 e. The van der Waals surface area contributed by atoms with Gasteiger partial charge in [-0.2, -0.15) is 0 Å². The van der Waals surface area contributed by atoms with Gasteiger partial charge in [-0.3, -0.25) is 4.79 Å². The van der Waals surface area contributed by atoms with Gasteiger partial charge in [0.25, 0.3) is 5.91 Å². The summed E-state index contributed by atoms with van der Waals surface area (Å²) in [6, 6.07) is 8.30. The highest BCUT2D eigenvalue weighted by molar-refractivity contribution is 5.94. The van der Waals surface area contributed by atoms with Crippen LogP contribution in [0, 0.1) is 0 Å². The Morgan fingerprint density at radius 2 is 2.05 bits per heavy atom. The molecule has 0 spiro atoms. The molecule has 1 atom stereocenters. The van der Waals surface area contributed by atoms with Gasteiger partial charge in [0.05, 0.1) is 11.9 Å². The number of para-hydroxylation sites is 1. The van der Waals surface area contributed by atoms with Crippen molar-refractivity contribution in [2.24, 2.45) is 0 Å². The van der Waals surface area contributed by atoms with Gasteiger partial charge in [-0.25, -0.2) is 9.48 Å². The summed E-state index contributed by atoms with van der Waals surface area (Å²) >= 11 is 0. The SMILES string of the molecule is CCCC(NC(=O)c1cn(-c2ccccc2)nn1)C(=O)O. The molecule has 1 amide bonds. The molecule has 0 saturated carbocycles. The molecule has 21 heavy (non-hydrogen) atoms. The van der Waals surface area contributed by atoms with E-state index in [1.807, 2.05) is 37.3 Å². The maximum Gasteiger partial charge on any atom is 0.326 e. The first kappa shape index (κ1) is 14.7. The van der Waals surface area contributed by atoms with E-state index in [1.165, 1.54) is 10.9 Å². The zero-order valence-corrected chi connectivity index (χ0v) is 11.6. The summed E-state index contributed by atoms with van der Waals surface area (Å²) in [7, 11) is 0. The number of benzene rings is 1. The number of carboxylic acids is 1. The van der Waals surface area contributed by atoms with E-state index in [4.69, 9.17) is 5.11 Å². The van der Waals surface area contributed by atoms with Gasteiger partial charge in [-0.05, 0) is 18.6 Å². The van der Waals surface area contributed by atoms with Gasteiger partial charge in [-0.1, -0.05) is 36.8 Å². The molecule has 110 valence electrons. The van der Waals surface area contributed by atoms with Gasteiger partial charge in [0.15, 0.2) is 5.69 Å². The quantitative estimate of drug-likeness (QED) is 0.833. The zero-order valence-electron chi connectivity index (χ0n) is 11.6. The number of nitrogens with zero attached hydrogens (tertiary/aromatic N) is 3. The van der Waals surface area contributed by atoms with Crippen LogP contribution in [0.2, 0.25) is 0 Å². The van der Waals surface area contributed by atoms with Crippen LogP contribution in [0.15, 0.2) is 36.5 Å². The molecule has 0 radical (unpaired) electrons. The Labute approximate surface area is 121 Å². The van der Waals surface area contributed by atoms with Crippen LogP contribution in [-0.2, 0) is 4.79 Å². The fourth-order valence-electron chi connectivity index (χ4n) is 1.85. The predicted molar refractivity (Wildman–Crippen MR) is 75.2 cm³/mol. The number of carboxylic acid groups (broad SMARTS) is 1. The number of hydrogen-bond acceptors (Lipinski definition) is 4. The van der Waals surface area contributed by atoms with Crippen LogP contribution in [0.5, 0.6) is 0 Å². The summed E-state index contributed by atoms with van der Waals surface area (Å²) in [6.07, 6.45) is 2.50.